The van der Waals surface area contributed by atoms with Gasteiger partial charge in [0, 0.05) is 12.8 Å². The molecule has 0 aliphatic heterocycles. The predicted octanol–water partition coefficient (Wildman–Crippen LogP) is 1.79. The molecule has 0 saturated carbocycles. The summed E-state index contributed by atoms with van der Waals surface area (Å²) in [5.74, 6) is 0.175. The lowest BCUT2D eigenvalue weighted by Crippen LogP contribution is -1.99. The second kappa shape index (κ2) is 4.70. The molecule has 0 aliphatic rings. The second-order valence-corrected chi connectivity index (χ2v) is 3.66. The lowest BCUT2D eigenvalue weighted by atomic mass is 10.2. The molecule has 1 aromatic carbocycles. The molecule has 1 aromatic heterocycles. The highest BCUT2D eigenvalue weighted by Gasteiger charge is 2.03. The Morgan fingerprint density at radius 2 is 2.06 bits per heavy atom. The summed E-state index contributed by atoms with van der Waals surface area (Å²) in [5.41, 5.74) is 1.77. The van der Waals surface area contributed by atoms with E-state index >= 15 is 0 Å². The van der Waals surface area contributed by atoms with E-state index in [-0.39, 0.29) is 5.78 Å². The average Bonchev–Trinajstić information content (AvgIpc) is 2.76. The van der Waals surface area contributed by atoms with Crippen LogP contribution in [0.1, 0.15) is 19.0 Å². The number of carbonyl (C=O) groups excluding carboxylic acids is 1. The zero-order valence-electron chi connectivity index (χ0n) is 9.13. The third kappa shape index (κ3) is 2.53. The van der Waals surface area contributed by atoms with Crippen molar-refractivity contribution < 1.29 is 4.79 Å². The maximum absolute atomic E-state index is 10.8. The summed E-state index contributed by atoms with van der Waals surface area (Å²) in [7, 11) is 0. The number of aryl methyl sites for hydroxylation is 1. The fourth-order valence-electron chi connectivity index (χ4n) is 1.40. The van der Waals surface area contributed by atoms with E-state index in [4.69, 9.17) is 0 Å². The van der Waals surface area contributed by atoms with Crippen molar-refractivity contribution in [2.24, 2.45) is 0 Å². The largest absolute Gasteiger partial charge is 0.300 e. The van der Waals surface area contributed by atoms with E-state index in [2.05, 4.69) is 10.2 Å². The van der Waals surface area contributed by atoms with Crippen molar-refractivity contribution in [3.63, 3.8) is 0 Å². The maximum Gasteiger partial charge on any atom is 0.130 e. The number of rotatable bonds is 4. The first-order chi connectivity index (χ1) is 7.75. The lowest BCUT2D eigenvalue weighted by molar-refractivity contribution is -0.116. The molecule has 0 aliphatic carbocycles. The molecule has 0 radical (unpaired) electrons. The van der Waals surface area contributed by atoms with Gasteiger partial charge in [0.2, 0.25) is 0 Å². The van der Waals surface area contributed by atoms with E-state index < -0.39 is 0 Å². The predicted molar refractivity (Wildman–Crippen MR) is 60.4 cm³/mol. The van der Waals surface area contributed by atoms with Crippen LogP contribution in [0.15, 0.2) is 36.5 Å². The van der Waals surface area contributed by atoms with Crippen LogP contribution in [0, 0.1) is 0 Å². The topological polar surface area (TPSA) is 47.8 Å². The van der Waals surface area contributed by atoms with E-state index in [1.807, 2.05) is 30.3 Å². The first-order valence-corrected chi connectivity index (χ1v) is 5.22. The fourth-order valence-corrected chi connectivity index (χ4v) is 1.40. The van der Waals surface area contributed by atoms with Gasteiger partial charge in [0.25, 0.3) is 0 Å². The molecular weight excluding hydrogens is 202 g/mol. The van der Waals surface area contributed by atoms with Crippen molar-refractivity contribution in [3.05, 3.63) is 42.2 Å². The number of hydrogen-bond donors (Lipinski definition) is 0. The Bertz CT molecular complexity index is 476. The summed E-state index contributed by atoms with van der Waals surface area (Å²) in [5, 5.41) is 8.46. The number of aromatic nitrogens is 3. The van der Waals surface area contributed by atoms with Gasteiger partial charge >= 0.3 is 0 Å². The Labute approximate surface area is 93.9 Å². The number of benzene rings is 1. The van der Waals surface area contributed by atoms with E-state index in [1.54, 1.807) is 17.9 Å². The zero-order valence-corrected chi connectivity index (χ0v) is 9.13. The van der Waals surface area contributed by atoms with Crippen molar-refractivity contribution >= 4 is 5.78 Å². The third-order valence-corrected chi connectivity index (χ3v) is 2.26. The lowest BCUT2D eigenvalue weighted by Gasteiger charge is -1.97. The molecule has 0 amide bonds. The van der Waals surface area contributed by atoms with Crippen LogP contribution in [0.4, 0.5) is 0 Å². The molecule has 0 atom stereocenters. The summed E-state index contributed by atoms with van der Waals surface area (Å²) in [6, 6.07) is 9.70. The van der Waals surface area contributed by atoms with Crippen LogP contribution in [-0.4, -0.2) is 20.8 Å². The van der Waals surface area contributed by atoms with Gasteiger partial charge in [0.15, 0.2) is 0 Å². The molecule has 0 saturated heterocycles. The highest BCUT2D eigenvalue weighted by molar-refractivity contribution is 5.75. The fraction of sp³-hybridized carbons (Fsp3) is 0.250. The molecule has 2 rings (SSSR count). The molecule has 16 heavy (non-hydrogen) atoms. The average molecular weight is 215 g/mol. The molecule has 0 bridgehead atoms. The minimum atomic E-state index is 0.175. The van der Waals surface area contributed by atoms with Crippen LogP contribution in [-0.2, 0) is 11.2 Å². The number of nitrogens with zero attached hydrogens (tertiary/aromatic N) is 3. The van der Waals surface area contributed by atoms with Crippen molar-refractivity contribution in [1.29, 1.82) is 0 Å². The third-order valence-electron chi connectivity index (χ3n) is 2.26. The monoisotopic (exact) mass is 215 g/mol. The van der Waals surface area contributed by atoms with Crippen LogP contribution < -0.4 is 0 Å². The number of hydrogen-bond acceptors (Lipinski definition) is 3. The van der Waals surface area contributed by atoms with Crippen molar-refractivity contribution in [2.75, 3.05) is 0 Å². The maximum atomic E-state index is 10.8. The second-order valence-electron chi connectivity index (χ2n) is 3.66. The van der Waals surface area contributed by atoms with E-state index in [1.165, 1.54) is 0 Å². The van der Waals surface area contributed by atoms with Gasteiger partial charge < -0.3 is 4.79 Å². The van der Waals surface area contributed by atoms with Crippen LogP contribution in [0.3, 0.4) is 0 Å². The number of para-hydroxylation sites is 1. The van der Waals surface area contributed by atoms with Crippen LogP contribution in [0.25, 0.3) is 5.69 Å². The zero-order chi connectivity index (χ0) is 11.4. The standard InChI is InChI=1S/C12H13N3O/c1-10(16)7-8-11-9-13-15(14-11)12-5-3-2-4-6-12/h2-6,9H,7-8H2,1H3. The highest BCUT2D eigenvalue weighted by atomic mass is 16.1. The molecular formula is C12H13N3O. The van der Waals surface area contributed by atoms with Gasteiger partial charge in [-0.3, -0.25) is 0 Å². The minimum absolute atomic E-state index is 0.175. The Morgan fingerprint density at radius 3 is 2.75 bits per heavy atom. The molecule has 2 aromatic rings. The molecule has 0 N–H and O–H groups in total. The van der Waals surface area contributed by atoms with Gasteiger partial charge in [-0.25, -0.2) is 0 Å². The number of carbonyl (C=O) groups is 1. The normalized spacial score (nSPS) is 10.3. The molecule has 0 spiro atoms. The van der Waals surface area contributed by atoms with Gasteiger partial charge in [-0.2, -0.15) is 15.0 Å². The Morgan fingerprint density at radius 1 is 1.31 bits per heavy atom. The first-order valence-electron chi connectivity index (χ1n) is 5.22. The van der Waals surface area contributed by atoms with Crippen LogP contribution in [0.5, 0.6) is 0 Å². The van der Waals surface area contributed by atoms with Crippen molar-refractivity contribution in [2.45, 2.75) is 19.8 Å². The SMILES string of the molecule is CC(=O)CCc1cnn(-c2ccccc2)n1. The molecule has 4 heteroatoms. The Hall–Kier alpha value is -1.97. The van der Waals surface area contributed by atoms with Gasteiger partial charge in [0.05, 0.1) is 17.6 Å². The Kier molecular flexibility index (Phi) is 3.10. The number of ketones is 1. The minimum Gasteiger partial charge on any atom is -0.300 e. The van der Waals surface area contributed by atoms with Crippen LogP contribution >= 0.6 is 0 Å². The quantitative estimate of drug-likeness (QED) is 0.781. The molecule has 82 valence electrons. The van der Waals surface area contributed by atoms with E-state index in [9.17, 15) is 4.79 Å². The van der Waals surface area contributed by atoms with Gasteiger partial charge in [-0.05, 0) is 19.1 Å². The Balaban J connectivity index is 2.11. The first kappa shape index (κ1) is 10.5. The molecule has 0 unspecified atom stereocenters. The summed E-state index contributed by atoms with van der Waals surface area (Å²) in [6.07, 6.45) is 2.88. The van der Waals surface area contributed by atoms with Gasteiger partial charge in [-0.1, -0.05) is 18.2 Å². The van der Waals surface area contributed by atoms with Crippen molar-refractivity contribution in [1.82, 2.24) is 15.0 Å². The molecule has 0 fully saturated rings. The summed E-state index contributed by atoms with van der Waals surface area (Å²) < 4.78 is 0. The smallest absolute Gasteiger partial charge is 0.130 e. The molecule has 4 nitrogen and oxygen atoms in total. The molecule has 1 heterocycles. The highest BCUT2D eigenvalue weighted by Crippen LogP contribution is 2.05. The van der Waals surface area contributed by atoms with E-state index in [0.29, 0.717) is 12.8 Å². The van der Waals surface area contributed by atoms with Gasteiger partial charge in [-0.15, -0.1) is 0 Å². The summed E-state index contributed by atoms with van der Waals surface area (Å²) >= 11 is 0. The summed E-state index contributed by atoms with van der Waals surface area (Å²) in [4.78, 5) is 12.4. The van der Waals surface area contributed by atoms with Gasteiger partial charge in [0.1, 0.15) is 5.78 Å². The van der Waals surface area contributed by atoms with E-state index in [0.717, 1.165) is 11.4 Å². The summed E-state index contributed by atoms with van der Waals surface area (Å²) in [6.45, 7) is 1.58. The van der Waals surface area contributed by atoms with Crippen LogP contribution in [0.2, 0.25) is 0 Å². The van der Waals surface area contributed by atoms with Crippen molar-refractivity contribution in [3.8, 4) is 5.69 Å². The number of Topliss-reactive ketones (excluding diaryl/α,β-unsaturated/α-hetero) is 1.